The fourth-order valence-electron chi connectivity index (χ4n) is 2.31. The van der Waals surface area contributed by atoms with E-state index in [0.717, 1.165) is 24.2 Å². The van der Waals surface area contributed by atoms with Crippen LogP contribution in [0.25, 0.3) is 11.1 Å². The van der Waals surface area contributed by atoms with Crippen molar-refractivity contribution in [1.82, 2.24) is 5.32 Å². The molecule has 0 atom stereocenters. The van der Waals surface area contributed by atoms with Crippen LogP contribution in [-0.4, -0.2) is 13.7 Å². The van der Waals surface area contributed by atoms with Gasteiger partial charge in [0.2, 0.25) is 0 Å². The van der Waals surface area contributed by atoms with Crippen LogP contribution in [0.2, 0.25) is 0 Å². The van der Waals surface area contributed by atoms with E-state index in [2.05, 4.69) is 5.32 Å². The fraction of sp³-hybridized carbons (Fsp3) is 0.294. The predicted molar refractivity (Wildman–Crippen MR) is 80.5 cm³/mol. The molecule has 0 aliphatic rings. The van der Waals surface area contributed by atoms with Crippen LogP contribution < -0.4 is 10.1 Å². The third-order valence-corrected chi connectivity index (χ3v) is 3.39. The van der Waals surface area contributed by atoms with Crippen molar-refractivity contribution in [3.05, 3.63) is 53.1 Å². The maximum absolute atomic E-state index is 14.1. The summed E-state index contributed by atoms with van der Waals surface area (Å²) in [7, 11) is 1.38. The first-order valence-corrected chi connectivity index (χ1v) is 6.90. The van der Waals surface area contributed by atoms with Crippen LogP contribution in [0.3, 0.4) is 0 Å². The monoisotopic (exact) mass is 291 g/mol. The second-order valence-electron chi connectivity index (χ2n) is 4.90. The molecule has 0 aromatic heterocycles. The maximum atomic E-state index is 14.1. The van der Waals surface area contributed by atoms with Crippen molar-refractivity contribution >= 4 is 0 Å². The molecule has 0 heterocycles. The number of nitrogens with one attached hydrogen (secondary N) is 1. The van der Waals surface area contributed by atoms with E-state index in [9.17, 15) is 8.78 Å². The van der Waals surface area contributed by atoms with Crippen molar-refractivity contribution in [1.29, 1.82) is 0 Å². The third-order valence-electron chi connectivity index (χ3n) is 3.39. The normalized spacial score (nSPS) is 10.7. The summed E-state index contributed by atoms with van der Waals surface area (Å²) >= 11 is 0. The molecular formula is C17H19F2NO. The van der Waals surface area contributed by atoms with Gasteiger partial charge < -0.3 is 10.1 Å². The van der Waals surface area contributed by atoms with Crippen molar-refractivity contribution in [2.45, 2.75) is 20.4 Å². The molecule has 0 aliphatic heterocycles. The van der Waals surface area contributed by atoms with Crippen molar-refractivity contribution in [3.63, 3.8) is 0 Å². The summed E-state index contributed by atoms with van der Waals surface area (Å²) < 4.78 is 33.1. The van der Waals surface area contributed by atoms with Gasteiger partial charge in [0.15, 0.2) is 0 Å². The van der Waals surface area contributed by atoms with E-state index in [1.807, 2.05) is 26.0 Å². The molecule has 4 heteroatoms. The first kappa shape index (κ1) is 15.4. The molecule has 0 aliphatic carbocycles. The molecule has 0 fully saturated rings. The van der Waals surface area contributed by atoms with E-state index in [1.165, 1.54) is 19.2 Å². The Balaban J connectivity index is 2.43. The lowest BCUT2D eigenvalue weighted by Crippen LogP contribution is -2.11. The summed E-state index contributed by atoms with van der Waals surface area (Å²) in [5.41, 5.74) is 2.48. The number of benzene rings is 2. The molecular weight excluding hydrogens is 272 g/mol. The zero-order chi connectivity index (χ0) is 15.4. The first-order valence-electron chi connectivity index (χ1n) is 6.90. The minimum Gasteiger partial charge on any atom is -0.497 e. The molecule has 21 heavy (non-hydrogen) atoms. The molecule has 2 aromatic rings. The molecule has 0 saturated carbocycles. The smallest absolute Gasteiger partial charge is 0.137 e. The number of hydrogen-bond donors (Lipinski definition) is 1. The molecule has 0 bridgehead atoms. The van der Waals surface area contributed by atoms with Gasteiger partial charge in [0.25, 0.3) is 0 Å². The highest BCUT2D eigenvalue weighted by Gasteiger charge is 2.15. The van der Waals surface area contributed by atoms with Gasteiger partial charge in [0.05, 0.1) is 12.7 Å². The van der Waals surface area contributed by atoms with Crippen LogP contribution in [0.5, 0.6) is 5.75 Å². The quantitative estimate of drug-likeness (QED) is 0.897. The summed E-state index contributed by atoms with van der Waals surface area (Å²) in [4.78, 5) is 0. The Morgan fingerprint density at radius 1 is 1.10 bits per heavy atom. The molecule has 2 rings (SSSR count). The Morgan fingerprint density at radius 3 is 2.29 bits per heavy atom. The summed E-state index contributed by atoms with van der Waals surface area (Å²) in [5, 5.41) is 3.22. The first-order chi connectivity index (χ1) is 10.1. The van der Waals surface area contributed by atoms with Crippen LogP contribution in [0, 0.1) is 18.6 Å². The van der Waals surface area contributed by atoms with Crippen LogP contribution in [0.1, 0.15) is 18.1 Å². The van der Waals surface area contributed by atoms with Crippen molar-refractivity contribution in [2.75, 3.05) is 13.7 Å². The zero-order valence-electron chi connectivity index (χ0n) is 12.5. The van der Waals surface area contributed by atoms with E-state index in [1.54, 1.807) is 6.07 Å². The van der Waals surface area contributed by atoms with Crippen LogP contribution >= 0.6 is 0 Å². The highest BCUT2D eigenvalue weighted by Crippen LogP contribution is 2.32. The van der Waals surface area contributed by atoms with Crippen LogP contribution in [-0.2, 0) is 6.54 Å². The SMILES string of the molecule is CCNCc1ccc(-c2c(F)cc(OC)cc2F)c(C)c1. The van der Waals surface area contributed by atoms with Gasteiger partial charge in [-0.1, -0.05) is 25.1 Å². The minimum absolute atomic E-state index is 0.0108. The lowest BCUT2D eigenvalue weighted by molar-refractivity contribution is 0.407. The molecule has 0 saturated heterocycles. The lowest BCUT2D eigenvalue weighted by atomic mass is 9.97. The molecule has 112 valence electrons. The highest BCUT2D eigenvalue weighted by molar-refractivity contribution is 5.69. The Bertz CT molecular complexity index is 618. The standard InChI is InChI=1S/C17H19F2NO/c1-4-20-10-12-5-6-14(11(2)7-12)17-15(18)8-13(21-3)9-16(17)19/h5-9,20H,4,10H2,1-3H3. The van der Waals surface area contributed by atoms with Crippen molar-refractivity contribution < 1.29 is 13.5 Å². The summed E-state index contributed by atoms with van der Waals surface area (Å²) in [5.74, 6) is -1.06. The largest absolute Gasteiger partial charge is 0.497 e. The zero-order valence-corrected chi connectivity index (χ0v) is 12.5. The Hall–Kier alpha value is -1.94. The minimum atomic E-state index is -0.616. The Morgan fingerprint density at radius 2 is 1.76 bits per heavy atom. The van der Waals surface area contributed by atoms with Gasteiger partial charge in [-0.05, 0) is 30.2 Å². The Labute approximate surface area is 123 Å². The molecule has 0 spiro atoms. The van der Waals surface area contributed by atoms with E-state index < -0.39 is 11.6 Å². The summed E-state index contributed by atoms with van der Waals surface area (Å²) in [6.07, 6.45) is 0. The second-order valence-corrected chi connectivity index (χ2v) is 4.90. The van der Waals surface area contributed by atoms with Gasteiger partial charge in [-0.3, -0.25) is 0 Å². The average molecular weight is 291 g/mol. The van der Waals surface area contributed by atoms with Crippen molar-refractivity contribution in [3.8, 4) is 16.9 Å². The average Bonchev–Trinajstić information content (AvgIpc) is 2.46. The number of methoxy groups -OCH3 is 1. The predicted octanol–water partition coefficient (Wildman–Crippen LogP) is 4.06. The van der Waals surface area contributed by atoms with Crippen LogP contribution in [0.4, 0.5) is 8.78 Å². The summed E-state index contributed by atoms with van der Waals surface area (Å²) in [6, 6.07) is 7.99. The van der Waals surface area contributed by atoms with Gasteiger partial charge in [0.1, 0.15) is 17.4 Å². The van der Waals surface area contributed by atoms with E-state index in [0.29, 0.717) is 5.56 Å². The van der Waals surface area contributed by atoms with Gasteiger partial charge in [-0.25, -0.2) is 8.78 Å². The van der Waals surface area contributed by atoms with Gasteiger partial charge in [-0.2, -0.15) is 0 Å². The number of ether oxygens (including phenoxy) is 1. The number of aryl methyl sites for hydroxylation is 1. The third kappa shape index (κ3) is 3.39. The van der Waals surface area contributed by atoms with E-state index in [4.69, 9.17) is 4.74 Å². The molecule has 1 N–H and O–H groups in total. The second kappa shape index (κ2) is 6.68. The van der Waals surface area contributed by atoms with Crippen molar-refractivity contribution in [2.24, 2.45) is 0 Å². The molecule has 2 nitrogen and oxygen atoms in total. The van der Waals surface area contributed by atoms with Gasteiger partial charge in [0, 0.05) is 18.7 Å². The fourth-order valence-corrected chi connectivity index (χ4v) is 2.31. The Kier molecular flexibility index (Phi) is 4.91. The number of hydrogen-bond acceptors (Lipinski definition) is 2. The highest BCUT2D eigenvalue weighted by atomic mass is 19.1. The molecule has 0 radical (unpaired) electrons. The molecule has 2 aromatic carbocycles. The number of halogens is 2. The van der Waals surface area contributed by atoms with E-state index >= 15 is 0 Å². The number of rotatable bonds is 5. The summed E-state index contributed by atoms with van der Waals surface area (Å²) in [6.45, 7) is 5.50. The molecule has 0 amide bonds. The maximum Gasteiger partial charge on any atom is 0.137 e. The van der Waals surface area contributed by atoms with E-state index in [-0.39, 0.29) is 11.3 Å². The lowest BCUT2D eigenvalue weighted by Gasteiger charge is -2.12. The van der Waals surface area contributed by atoms with Crippen LogP contribution in [0.15, 0.2) is 30.3 Å². The molecule has 0 unspecified atom stereocenters. The van der Waals surface area contributed by atoms with Gasteiger partial charge >= 0.3 is 0 Å². The van der Waals surface area contributed by atoms with Gasteiger partial charge in [-0.15, -0.1) is 0 Å². The topological polar surface area (TPSA) is 21.3 Å².